The fourth-order valence-corrected chi connectivity index (χ4v) is 6.65. The number of thioether (sulfide) groups is 1. The van der Waals surface area contributed by atoms with Crippen molar-refractivity contribution in [3.05, 3.63) is 0 Å². The molecule has 0 aromatic heterocycles. The standard InChI is InChI=1S/C22H38ClN3O5S/c1-12(23)16(18-17(27)19-22(29,31-19)21(30-18)32-3)25-20(28)15-5-4-13(6-9-24-15)14-7-10-26(2)11-8-14/h12-19,21,24,27,29H,4-11H2,1-3H3,(H,25,28)/t12-,13-,15-,16+,17?,18+,19?,21?,22-/m0/s1. The molecule has 32 heavy (non-hydrogen) atoms. The van der Waals surface area contributed by atoms with Crippen LogP contribution in [0.25, 0.3) is 0 Å². The molecule has 0 saturated carbocycles. The molecule has 0 radical (unpaired) electrons. The molecule has 4 saturated heterocycles. The van der Waals surface area contributed by atoms with E-state index in [4.69, 9.17) is 21.1 Å². The van der Waals surface area contributed by atoms with Gasteiger partial charge in [0.1, 0.15) is 18.3 Å². The highest BCUT2D eigenvalue weighted by Gasteiger charge is 2.70. The van der Waals surface area contributed by atoms with Gasteiger partial charge in [-0.25, -0.2) is 0 Å². The third kappa shape index (κ3) is 5.10. The molecule has 4 aliphatic rings. The first-order chi connectivity index (χ1) is 15.2. The number of rotatable bonds is 6. The third-order valence-corrected chi connectivity index (χ3v) is 8.93. The minimum atomic E-state index is -1.47. The summed E-state index contributed by atoms with van der Waals surface area (Å²) in [6.45, 7) is 4.93. The molecule has 184 valence electrons. The van der Waals surface area contributed by atoms with Gasteiger partial charge < -0.3 is 35.2 Å². The number of halogens is 1. The lowest BCUT2D eigenvalue weighted by Gasteiger charge is -2.39. The number of carbonyl (C=O) groups is 1. The van der Waals surface area contributed by atoms with Gasteiger partial charge in [-0.1, -0.05) is 0 Å². The Morgan fingerprint density at radius 3 is 2.59 bits per heavy atom. The zero-order chi connectivity index (χ0) is 23.0. The Hall–Kier alpha value is -0.130. The number of hydrogen-bond donors (Lipinski definition) is 4. The minimum absolute atomic E-state index is 0.111. The molecule has 0 aromatic rings. The summed E-state index contributed by atoms with van der Waals surface area (Å²) in [4.78, 5) is 15.6. The smallest absolute Gasteiger partial charge is 0.237 e. The van der Waals surface area contributed by atoms with Crippen molar-refractivity contribution in [2.24, 2.45) is 11.8 Å². The number of amides is 1. The van der Waals surface area contributed by atoms with Crippen LogP contribution < -0.4 is 10.6 Å². The summed E-state index contributed by atoms with van der Waals surface area (Å²) >= 11 is 7.75. The van der Waals surface area contributed by atoms with Gasteiger partial charge >= 0.3 is 0 Å². The number of aliphatic hydroxyl groups excluding tert-OH is 1. The Bertz CT molecular complexity index is 667. The summed E-state index contributed by atoms with van der Waals surface area (Å²) in [5.41, 5.74) is -0.637. The van der Waals surface area contributed by atoms with Crippen LogP contribution in [0.2, 0.25) is 0 Å². The van der Waals surface area contributed by atoms with Crippen molar-refractivity contribution >= 4 is 29.3 Å². The van der Waals surface area contributed by atoms with Crippen LogP contribution in [0.3, 0.4) is 0 Å². The molecule has 4 rings (SSSR count). The molecule has 0 aliphatic carbocycles. The maximum Gasteiger partial charge on any atom is 0.237 e. The van der Waals surface area contributed by atoms with Crippen molar-refractivity contribution in [1.29, 1.82) is 0 Å². The molecule has 1 amide bonds. The van der Waals surface area contributed by atoms with Crippen molar-refractivity contribution < 1.29 is 24.5 Å². The zero-order valence-electron chi connectivity index (χ0n) is 19.2. The number of ether oxygens (including phenoxy) is 2. The minimum Gasteiger partial charge on any atom is -0.387 e. The second kappa shape index (κ2) is 10.2. The van der Waals surface area contributed by atoms with E-state index < -0.39 is 41.0 Å². The van der Waals surface area contributed by atoms with Crippen LogP contribution >= 0.6 is 23.4 Å². The Morgan fingerprint density at radius 1 is 1.25 bits per heavy atom. The number of nitrogens with zero attached hydrogens (tertiary/aromatic N) is 1. The highest BCUT2D eigenvalue weighted by Crippen LogP contribution is 2.50. The summed E-state index contributed by atoms with van der Waals surface area (Å²) in [5.74, 6) is -0.171. The van der Waals surface area contributed by atoms with Gasteiger partial charge in [-0.2, -0.15) is 0 Å². The second-order valence-corrected chi connectivity index (χ2v) is 11.5. The van der Waals surface area contributed by atoms with Crippen LogP contribution in [0, 0.1) is 11.8 Å². The van der Waals surface area contributed by atoms with Crippen LogP contribution in [-0.4, -0.2) is 101 Å². The van der Waals surface area contributed by atoms with Gasteiger partial charge in [0.05, 0.1) is 17.5 Å². The lowest BCUT2D eigenvalue weighted by molar-refractivity contribution is -0.150. The molecule has 9 atom stereocenters. The Labute approximate surface area is 200 Å². The Morgan fingerprint density at radius 2 is 1.94 bits per heavy atom. The largest absolute Gasteiger partial charge is 0.387 e. The monoisotopic (exact) mass is 491 g/mol. The van der Waals surface area contributed by atoms with E-state index in [-0.39, 0.29) is 11.9 Å². The number of aliphatic hydroxyl groups is 2. The number of hydrogen-bond acceptors (Lipinski definition) is 8. The summed E-state index contributed by atoms with van der Waals surface area (Å²) in [6.07, 6.45) is 4.69. The molecule has 3 unspecified atom stereocenters. The number of fused-ring (bicyclic) bond motifs is 1. The van der Waals surface area contributed by atoms with Gasteiger partial charge in [0.2, 0.25) is 11.7 Å². The number of alkyl halides is 1. The number of epoxide rings is 1. The summed E-state index contributed by atoms with van der Waals surface area (Å²) in [6, 6.07) is -0.882. The average molecular weight is 492 g/mol. The van der Waals surface area contributed by atoms with E-state index in [9.17, 15) is 15.0 Å². The number of nitrogens with one attached hydrogen (secondary N) is 2. The first-order valence-electron chi connectivity index (χ1n) is 11.9. The first-order valence-corrected chi connectivity index (χ1v) is 13.6. The van der Waals surface area contributed by atoms with Gasteiger partial charge in [0.15, 0.2) is 5.44 Å². The van der Waals surface area contributed by atoms with E-state index >= 15 is 0 Å². The highest BCUT2D eigenvalue weighted by molar-refractivity contribution is 7.99. The third-order valence-electron chi connectivity index (χ3n) is 7.78. The SMILES string of the molecule is CSC1O[C@H]([C@H](NC(=O)[C@@H]2CC[C@H](C3CCN(C)CC3)CCN2)[C@H](C)Cl)C(O)C2O[C@]12O. The average Bonchev–Trinajstić information content (AvgIpc) is 3.52. The van der Waals surface area contributed by atoms with Crippen LogP contribution in [0.1, 0.15) is 39.0 Å². The molecular weight excluding hydrogens is 454 g/mol. The van der Waals surface area contributed by atoms with Crippen LogP contribution in [0.4, 0.5) is 0 Å². The molecular formula is C22H38ClN3O5S. The first kappa shape index (κ1) is 25.0. The summed E-state index contributed by atoms with van der Waals surface area (Å²) < 4.78 is 11.3. The maximum absolute atomic E-state index is 13.2. The van der Waals surface area contributed by atoms with Gasteiger partial charge in [-0.3, -0.25) is 4.79 Å². The van der Waals surface area contributed by atoms with E-state index in [0.717, 1.165) is 44.8 Å². The molecule has 10 heteroatoms. The van der Waals surface area contributed by atoms with Crippen LogP contribution in [-0.2, 0) is 14.3 Å². The van der Waals surface area contributed by atoms with E-state index in [2.05, 4.69) is 22.6 Å². The molecule has 4 fully saturated rings. The summed E-state index contributed by atoms with van der Waals surface area (Å²) in [7, 11) is 2.18. The predicted octanol–water partition coefficient (Wildman–Crippen LogP) is 0.735. The van der Waals surface area contributed by atoms with Crippen molar-refractivity contribution in [2.75, 3.05) is 32.9 Å². The fraction of sp³-hybridized carbons (Fsp3) is 0.955. The quantitative estimate of drug-likeness (QED) is 0.318. The van der Waals surface area contributed by atoms with Crippen LogP contribution in [0.5, 0.6) is 0 Å². The Kier molecular flexibility index (Phi) is 7.99. The molecule has 0 spiro atoms. The molecule has 4 heterocycles. The van der Waals surface area contributed by atoms with Gasteiger partial charge in [0, 0.05) is 0 Å². The molecule has 8 nitrogen and oxygen atoms in total. The van der Waals surface area contributed by atoms with Gasteiger partial charge in [-0.05, 0) is 83.8 Å². The molecule has 4 aliphatic heterocycles. The van der Waals surface area contributed by atoms with Gasteiger partial charge in [0.25, 0.3) is 0 Å². The number of likely N-dealkylation sites (tertiary alicyclic amines) is 1. The maximum atomic E-state index is 13.2. The molecule has 0 aromatic carbocycles. The lowest BCUT2D eigenvalue weighted by atomic mass is 9.80. The normalized spacial score (nSPS) is 43.1. The number of piperidine rings is 1. The molecule has 0 bridgehead atoms. The lowest BCUT2D eigenvalue weighted by Crippen LogP contribution is -2.62. The fourth-order valence-electron chi connectivity index (χ4n) is 5.68. The molecule has 4 N–H and O–H groups in total. The highest BCUT2D eigenvalue weighted by atomic mass is 35.5. The van der Waals surface area contributed by atoms with Crippen molar-refractivity contribution in [1.82, 2.24) is 15.5 Å². The van der Waals surface area contributed by atoms with E-state index in [0.29, 0.717) is 5.92 Å². The van der Waals surface area contributed by atoms with E-state index in [1.54, 1.807) is 6.92 Å². The summed E-state index contributed by atoms with van der Waals surface area (Å²) in [5, 5.41) is 27.1. The second-order valence-electron chi connectivity index (χ2n) is 9.93. The van der Waals surface area contributed by atoms with Crippen molar-refractivity contribution in [3.63, 3.8) is 0 Å². The van der Waals surface area contributed by atoms with Gasteiger partial charge in [-0.15, -0.1) is 23.4 Å². The zero-order valence-corrected chi connectivity index (χ0v) is 20.8. The van der Waals surface area contributed by atoms with Crippen LogP contribution in [0.15, 0.2) is 0 Å². The predicted molar refractivity (Wildman–Crippen MR) is 125 cm³/mol. The Balaban J connectivity index is 1.35. The van der Waals surface area contributed by atoms with Crippen molar-refractivity contribution in [3.8, 4) is 0 Å². The number of carbonyl (C=O) groups excluding carboxylic acids is 1. The topological polar surface area (TPSA) is 107 Å². The van der Waals surface area contributed by atoms with E-state index in [1.807, 2.05) is 6.26 Å². The van der Waals surface area contributed by atoms with E-state index in [1.165, 1.54) is 24.6 Å². The van der Waals surface area contributed by atoms with Crippen molar-refractivity contribution in [2.45, 2.75) is 86.0 Å².